The molecule has 0 amide bonds. The number of ether oxygens (including phenoxy) is 1. The van der Waals surface area contributed by atoms with E-state index in [4.69, 9.17) is 4.74 Å². The van der Waals surface area contributed by atoms with Crippen LogP contribution in [0.2, 0.25) is 0 Å². The monoisotopic (exact) mass is 560 g/mol. The minimum atomic E-state index is -0.845. The first-order chi connectivity index (χ1) is 18.1. The molecule has 10 atom stereocenters. The van der Waals surface area contributed by atoms with Crippen molar-refractivity contribution < 1.29 is 29.3 Å². The summed E-state index contributed by atoms with van der Waals surface area (Å²) in [6.45, 7) is 22.2. The molecule has 0 aromatic rings. The highest BCUT2D eigenvalue weighted by atomic mass is 16.6. The molecule has 4 saturated carbocycles. The second-order valence-electron chi connectivity index (χ2n) is 16.7. The number of fused-ring (bicyclic) bond motifs is 5. The van der Waals surface area contributed by atoms with E-state index in [0.29, 0.717) is 31.6 Å². The molecule has 6 heteroatoms. The van der Waals surface area contributed by atoms with Gasteiger partial charge in [0.2, 0.25) is 0 Å². The van der Waals surface area contributed by atoms with Crippen LogP contribution in [0.1, 0.15) is 121 Å². The number of aliphatic hydroxyl groups excluding tert-OH is 2. The fraction of sp³-hybridized carbons (Fsp3) is 0.912. The number of rotatable bonds is 6. The number of Topliss-reactive ketones (excluding diaryl/α,β-unsaturated/α-hetero) is 2. The standard InChI is InChI=1S/C34H56O6/c1-19-23(36)16-22-21(30(19,5)6)12-13-25-32(9)17-24(37)28(33(32,10)18-27(39)34(22,25)11)31(7,8)26(38)14-15-29(3,4)40-20(2)35/h19,21-25,28,36-37H,12-18H2,1-11H3/t19?,21?,22-,23?,24?,25?,28-,32+,33?,34?/m1/s1. The maximum Gasteiger partial charge on any atom is 0.303 e. The number of aliphatic hydroxyl groups is 2. The molecule has 40 heavy (non-hydrogen) atoms. The van der Waals surface area contributed by atoms with Crippen LogP contribution in [0.15, 0.2) is 0 Å². The highest BCUT2D eigenvalue weighted by molar-refractivity contribution is 5.89. The van der Waals surface area contributed by atoms with Crippen LogP contribution in [-0.2, 0) is 19.1 Å². The van der Waals surface area contributed by atoms with Gasteiger partial charge in [-0.25, -0.2) is 0 Å². The Kier molecular flexibility index (Phi) is 7.62. The van der Waals surface area contributed by atoms with Crippen molar-refractivity contribution in [2.75, 3.05) is 0 Å². The number of hydrogen-bond acceptors (Lipinski definition) is 6. The molecule has 4 rings (SSSR count). The molecule has 0 aromatic heterocycles. The van der Waals surface area contributed by atoms with E-state index in [2.05, 4.69) is 41.5 Å². The van der Waals surface area contributed by atoms with Crippen molar-refractivity contribution in [1.29, 1.82) is 0 Å². The van der Waals surface area contributed by atoms with Gasteiger partial charge in [-0.3, -0.25) is 14.4 Å². The van der Waals surface area contributed by atoms with Gasteiger partial charge in [-0.1, -0.05) is 55.4 Å². The molecular weight excluding hydrogens is 504 g/mol. The van der Waals surface area contributed by atoms with Gasteiger partial charge >= 0.3 is 5.97 Å². The van der Waals surface area contributed by atoms with Crippen molar-refractivity contribution in [2.24, 2.45) is 56.7 Å². The summed E-state index contributed by atoms with van der Waals surface area (Å²) < 4.78 is 5.42. The molecule has 0 bridgehead atoms. The molecule has 0 heterocycles. The highest BCUT2D eigenvalue weighted by Gasteiger charge is 2.74. The molecule has 4 aliphatic carbocycles. The first-order valence-corrected chi connectivity index (χ1v) is 15.7. The SMILES string of the molecule is CC(=O)OC(C)(C)CCC(=O)C(C)(C)[C@H]1C(O)C[C@@]2(C)C3CCC4[C@@H](CC(O)C(C)C4(C)C)C3(C)C(=O)CC12C. The van der Waals surface area contributed by atoms with E-state index in [1.165, 1.54) is 6.92 Å². The van der Waals surface area contributed by atoms with Crippen LogP contribution in [0.5, 0.6) is 0 Å². The summed E-state index contributed by atoms with van der Waals surface area (Å²) in [5, 5.41) is 22.9. The Balaban J connectivity index is 1.67. The van der Waals surface area contributed by atoms with E-state index in [-0.39, 0.29) is 58.5 Å². The molecule has 0 aromatic carbocycles. The van der Waals surface area contributed by atoms with Crippen LogP contribution >= 0.6 is 0 Å². The Labute approximate surface area is 242 Å². The fourth-order valence-corrected chi connectivity index (χ4v) is 11.1. The Hall–Kier alpha value is -1.27. The predicted molar refractivity (Wildman–Crippen MR) is 155 cm³/mol. The minimum Gasteiger partial charge on any atom is -0.460 e. The molecule has 0 saturated heterocycles. The van der Waals surface area contributed by atoms with Crippen molar-refractivity contribution in [3.05, 3.63) is 0 Å². The molecule has 2 N–H and O–H groups in total. The van der Waals surface area contributed by atoms with Crippen molar-refractivity contribution in [1.82, 2.24) is 0 Å². The largest absolute Gasteiger partial charge is 0.460 e. The van der Waals surface area contributed by atoms with E-state index in [9.17, 15) is 24.6 Å². The topological polar surface area (TPSA) is 101 Å². The zero-order chi connectivity index (χ0) is 30.4. The van der Waals surface area contributed by atoms with Crippen LogP contribution < -0.4 is 0 Å². The quantitative estimate of drug-likeness (QED) is 0.378. The Morgan fingerprint density at radius 1 is 0.950 bits per heavy atom. The van der Waals surface area contributed by atoms with Gasteiger partial charge < -0.3 is 14.9 Å². The van der Waals surface area contributed by atoms with E-state index < -0.39 is 34.1 Å². The van der Waals surface area contributed by atoms with Gasteiger partial charge in [0.15, 0.2) is 0 Å². The number of carbonyl (C=O) groups excluding carboxylic acids is 3. The van der Waals surface area contributed by atoms with Crippen molar-refractivity contribution >= 4 is 17.5 Å². The normalized spacial score (nSPS) is 44.8. The van der Waals surface area contributed by atoms with E-state index in [1.807, 2.05) is 27.7 Å². The zero-order valence-electron chi connectivity index (χ0n) is 27.0. The summed E-state index contributed by atoms with van der Waals surface area (Å²) >= 11 is 0. The first kappa shape index (κ1) is 31.7. The van der Waals surface area contributed by atoms with E-state index in [0.717, 1.165) is 12.8 Å². The number of carbonyl (C=O) groups is 3. The smallest absolute Gasteiger partial charge is 0.303 e. The van der Waals surface area contributed by atoms with Crippen LogP contribution in [0, 0.1) is 56.7 Å². The maximum absolute atomic E-state index is 14.5. The Bertz CT molecular complexity index is 1060. The van der Waals surface area contributed by atoms with Crippen LogP contribution in [0.25, 0.3) is 0 Å². The zero-order valence-corrected chi connectivity index (χ0v) is 27.0. The molecule has 4 fully saturated rings. The van der Waals surface area contributed by atoms with Gasteiger partial charge in [-0.05, 0) is 85.9 Å². The van der Waals surface area contributed by atoms with Crippen LogP contribution in [-0.4, -0.2) is 45.6 Å². The highest BCUT2D eigenvalue weighted by Crippen LogP contribution is 2.76. The van der Waals surface area contributed by atoms with Crippen molar-refractivity contribution in [3.63, 3.8) is 0 Å². The van der Waals surface area contributed by atoms with Crippen molar-refractivity contribution in [3.8, 4) is 0 Å². The molecule has 4 aliphatic rings. The lowest BCUT2D eigenvalue weighted by Crippen LogP contribution is -2.66. The summed E-state index contributed by atoms with van der Waals surface area (Å²) in [4.78, 5) is 39.9. The van der Waals surface area contributed by atoms with Gasteiger partial charge in [0.25, 0.3) is 0 Å². The third-order valence-corrected chi connectivity index (χ3v) is 13.7. The van der Waals surface area contributed by atoms with Gasteiger partial charge in [-0.15, -0.1) is 0 Å². The lowest BCUT2D eigenvalue weighted by Gasteiger charge is -2.67. The minimum absolute atomic E-state index is 0.0397. The number of ketones is 2. The molecule has 0 spiro atoms. The van der Waals surface area contributed by atoms with E-state index in [1.54, 1.807) is 0 Å². The summed E-state index contributed by atoms with van der Waals surface area (Å²) in [6.07, 6.45) is 3.11. The van der Waals surface area contributed by atoms with Crippen LogP contribution in [0.3, 0.4) is 0 Å². The van der Waals surface area contributed by atoms with Gasteiger partial charge in [0, 0.05) is 36.5 Å². The maximum atomic E-state index is 14.5. The Morgan fingerprint density at radius 2 is 1.55 bits per heavy atom. The average Bonchev–Trinajstić information content (AvgIpc) is 3.01. The molecular formula is C34H56O6. The third-order valence-electron chi connectivity index (χ3n) is 13.7. The number of hydrogen-bond donors (Lipinski definition) is 2. The van der Waals surface area contributed by atoms with Gasteiger partial charge in [-0.2, -0.15) is 0 Å². The lowest BCUT2D eigenvalue weighted by atomic mass is 9.36. The third kappa shape index (κ3) is 4.36. The predicted octanol–water partition coefficient (Wildman–Crippen LogP) is 6.15. The summed E-state index contributed by atoms with van der Waals surface area (Å²) in [5.41, 5.74) is -3.03. The summed E-state index contributed by atoms with van der Waals surface area (Å²) in [7, 11) is 0. The first-order valence-electron chi connectivity index (χ1n) is 15.7. The van der Waals surface area contributed by atoms with Crippen molar-refractivity contribution in [2.45, 2.75) is 139 Å². The van der Waals surface area contributed by atoms with E-state index >= 15 is 0 Å². The second-order valence-corrected chi connectivity index (χ2v) is 16.7. The molecule has 0 aliphatic heterocycles. The summed E-state index contributed by atoms with van der Waals surface area (Å²) in [5.74, 6) is 0.351. The fourth-order valence-electron chi connectivity index (χ4n) is 11.1. The Morgan fingerprint density at radius 3 is 2.12 bits per heavy atom. The molecule has 0 radical (unpaired) electrons. The molecule has 6 nitrogen and oxygen atoms in total. The van der Waals surface area contributed by atoms with Crippen LogP contribution in [0.4, 0.5) is 0 Å². The molecule has 228 valence electrons. The average molecular weight is 561 g/mol. The van der Waals surface area contributed by atoms with Gasteiger partial charge in [0.1, 0.15) is 17.2 Å². The van der Waals surface area contributed by atoms with Gasteiger partial charge in [0.05, 0.1) is 12.2 Å². The lowest BCUT2D eigenvalue weighted by molar-refractivity contribution is -0.209. The summed E-state index contributed by atoms with van der Waals surface area (Å²) in [6, 6.07) is 0. The number of esters is 1. The second kappa shape index (κ2) is 9.62. The molecule has 7 unspecified atom stereocenters.